The van der Waals surface area contributed by atoms with Crippen molar-refractivity contribution in [1.82, 2.24) is 10.5 Å². The van der Waals surface area contributed by atoms with Crippen molar-refractivity contribution in [3.05, 3.63) is 17.0 Å². The van der Waals surface area contributed by atoms with Gasteiger partial charge in [-0.25, -0.2) is 4.79 Å². The van der Waals surface area contributed by atoms with Crippen LogP contribution in [0.15, 0.2) is 4.52 Å². The average molecular weight is 269 g/mol. The van der Waals surface area contributed by atoms with Gasteiger partial charge in [0.1, 0.15) is 11.4 Å². The van der Waals surface area contributed by atoms with E-state index in [9.17, 15) is 4.79 Å². The summed E-state index contributed by atoms with van der Waals surface area (Å²) in [5, 5.41) is 6.62. The standard InChI is InChI=1S/C13H23N3O3/c1-8-11(9(2)19-16-8)10(6-14)7-15-12(17)18-13(3,4)5/h10H,6-7,14H2,1-5H3,(H,15,17). The molecule has 0 spiro atoms. The van der Waals surface area contributed by atoms with E-state index in [0.717, 1.165) is 17.0 Å². The minimum absolute atomic E-state index is 0.0289. The minimum atomic E-state index is -0.509. The zero-order valence-electron chi connectivity index (χ0n) is 12.2. The zero-order chi connectivity index (χ0) is 14.6. The number of nitrogens with two attached hydrogens (primary N) is 1. The van der Waals surface area contributed by atoms with Gasteiger partial charge in [0.2, 0.25) is 0 Å². The van der Waals surface area contributed by atoms with E-state index in [1.54, 1.807) is 0 Å². The Morgan fingerprint density at radius 2 is 2.11 bits per heavy atom. The van der Waals surface area contributed by atoms with E-state index in [2.05, 4.69) is 10.5 Å². The van der Waals surface area contributed by atoms with E-state index in [1.165, 1.54) is 0 Å². The molecule has 6 nitrogen and oxygen atoms in total. The maximum Gasteiger partial charge on any atom is 0.407 e. The molecule has 19 heavy (non-hydrogen) atoms. The Balaban J connectivity index is 2.62. The lowest BCUT2D eigenvalue weighted by Gasteiger charge is -2.21. The van der Waals surface area contributed by atoms with Gasteiger partial charge in [0.25, 0.3) is 0 Å². The summed E-state index contributed by atoms with van der Waals surface area (Å²) in [5.41, 5.74) is 7.01. The molecule has 0 saturated heterocycles. The summed E-state index contributed by atoms with van der Waals surface area (Å²) >= 11 is 0. The molecule has 0 aromatic carbocycles. The van der Waals surface area contributed by atoms with E-state index in [4.69, 9.17) is 15.0 Å². The topological polar surface area (TPSA) is 90.4 Å². The van der Waals surface area contributed by atoms with Crippen LogP contribution in [-0.4, -0.2) is 29.9 Å². The molecule has 0 aliphatic heterocycles. The van der Waals surface area contributed by atoms with Gasteiger partial charge in [-0.05, 0) is 34.6 Å². The number of nitrogens with one attached hydrogen (secondary N) is 1. The molecule has 0 radical (unpaired) electrons. The van der Waals surface area contributed by atoms with Crippen LogP contribution in [0.25, 0.3) is 0 Å². The molecule has 0 aliphatic carbocycles. The number of carbonyl (C=O) groups is 1. The van der Waals surface area contributed by atoms with Gasteiger partial charge in [0, 0.05) is 24.6 Å². The molecule has 1 rings (SSSR count). The van der Waals surface area contributed by atoms with Crippen molar-refractivity contribution in [2.45, 2.75) is 46.1 Å². The van der Waals surface area contributed by atoms with Crippen LogP contribution >= 0.6 is 0 Å². The van der Waals surface area contributed by atoms with Gasteiger partial charge >= 0.3 is 6.09 Å². The molecule has 3 N–H and O–H groups in total. The third-order valence-corrected chi connectivity index (χ3v) is 2.67. The lowest BCUT2D eigenvalue weighted by Crippen LogP contribution is -2.36. The summed E-state index contributed by atoms with van der Waals surface area (Å²) in [6.07, 6.45) is -0.447. The first-order valence-corrected chi connectivity index (χ1v) is 6.34. The SMILES string of the molecule is Cc1noc(C)c1C(CN)CNC(=O)OC(C)(C)C. The highest BCUT2D eigenvalue weighted by molar-refractivity contribution is 5.67. The normalized spacial score (nSPS) is 13.2. The monoisotopic (exact) mass is 269 g/mol. The summed E-state index contributed by atoms with van der Waals surface area (Å²) < 4.78 is 10.3. The van der Waals surface area contributed by atoms with Crippen LogP contribution in [0.1, 0.15) is 43.7 Å². The molecular formula is C13H23N3O3. The number of aryl methyl sites for hydroxylation is 2. The second-order valence-corrected chi connectivity index (χ2v) is 5.55. The highest BCUT2D eigenvalue weighted by Crippen LogP contribution is 2.22. The number of hydrogen-bond acceptors (Lipinski definition) is 5. The lowest BCUT2D eigenvalue weighted by molar-refractivity contribution is 0.0524. The number of amides is 1. The van der Waals surface area contributed by atoms with E-state index < -0.39 is 11.7 Å². The second-order valence-electron chi connectivity index (χ2n) is 5.55. The minimum Gasteiger partial charge on any atom is -0.444 e. The third-order valence-electron chi connectivity index (χ3n) is 2.67. The zero-order valence-corrected chi connectivity index (χ0v) is 12.2. The molecule has 1 aromatic rings. The van der Waals surface area contributed by atoms with Gasteiger partial charge < -0.3 is 20.3 Å². The number of ether oxygens (including phenoxy) is 1. The first-order chi connectivity index (χ1) is 8.74. The predicted molar refractivity (Wildman–Crippen MR) is 72.0 cm³/mol. The van der Waals surface area contributed by atoms with E-state index in [1.807, 2.05) is 34.6 Å². The summed E-state index contributed by atoms with van der Waals surface area (Å²) in [6, 6.07) is 0. The van der Waals surface area contributed by atoms with Gasteiger partial charge in [-0.15, -0.1) is 0 Å². The first-order valence-electron chi connectivity index (χ1n) is 6.34. The summed E-state index contributed by atoms with van der Waals surface area (Å²) in [5.74, 6) is 0.706. The van der Waals surface area contributed by atoms with Gasteiger partial charge in [-0.2, -0.15) is 0 Å². The molecule has 108 valence electrons. The Labute approximate surface area is 113 Å². The van der Waals surface area contributed by atoms with E-state index >= 15 is 0 Å². The van der Waals surface area contributed by atoms with Crippen molar-refractivity contribution < 1.29 is 14.1 Å². The van der Waals surface area contributed by atoms with Gasteiger partial charge in [-0.3, -0.25) is 0 Å². The fourth-order valence-electron chi connectivity index (χ4n) is 1.90. The van der Waals surface area contributed by atoms with Crippen molar-refractivity contribution in [1.29, 1.82) is 0 Å². The molecule has 0 aliphatic rings. The molecule has 1 unspecified atom stereocenters. The van der Waals surface area contributed by atoms with Crippen LogP contribution in [0.4, 0.5) is 4.79 Å². The molecule has 6 heteroatoms. The van der Waals surface area contributed by atoms with Crippen molar-refractivity contribution in [2.24, 2.45) is 5.73 Å². The van der Waals surface area contributed by atoms with Gasteiger partial charge in [0.15, 0.2) is 0 Å². The molecule has 0 bridgehead atoms. The number of aromatic nitrogens is 1. The number of rotatable bonds is 4. The van der Waals surface area contributed by atoms with Crippen LogP contribution in [0.5, 0.6) is 0 Å². The van der Waals surface area contributed by atoms with Crippen molar-refractivity contribution in [2.75, 3.05) is 13.1 Å². The molecule has 1 atom stereocenters. The number of alkyl carbamates (subject to hydrolysis) is 1. The first kappa shape index (κ1) is 15.5. The molecule has 1 aromatic heterocycles. The Hall–Kier alpha value is -1.56. The van der Waals surface area contributed by atoms with Crippen LogP contribution in [0.2, 0.25) is 0 Å². The highest BCUT2D eigenvalue weighted by Gasteiger charge is 2.21. The van der Waals surface area contributed by atoms with Crippen molar-refractivity contribution >= 4 is 6.09 Å². The third kappa shape index (κ3) is 4.55. The van der Waals surface area contributed by atoms with Crippen LogP contribution in [0, 0.1) is 13.8 Å². The maximum atomic E-state index is 11.6. The molecule has 1 heterocycles. The maximum absolute atomic E-state index is 11.6. The molecular weight excluding hydrogens is 246 g/mol. The quantitative estimate of drug-likeness (QED) is 0.870. The Bertz CT molecular complexity index is 415. The predicted octanol–water partition coefficient (Wildman–Crippen LogP) is 1.86. The number of hydrogen-bond donors (Lipinski definition) is 2. The Kier molecular flexibility index (Phi) is 4.94. The Morgan fingerprint density at radius 1 is 1.47 bits per heavy atom. The van der Waals surface area contributed by atoms with Crippen LogP contribution in [-0.2, 0) is 4.74 Å². The van der Waals surface area contributed by atoms with Crippen LogP contribution < -0.4 is 11.1 Å². The fourth-order valence-corrected chi connectivity index (χ4v) is 1.90. The van der Waals surface area contributed by atoms with E-state index in [0.29, 0.717) is 13.1 Å². The van der Waals surface area contributed by atoms with Crippen LogP contribution in [0.3, 0.4) is 0 Å². The summed E-state index contributed by atoms with van der Waals surface area (Å²) in [4.78, 5) is 11.6. The van der Waals surface area contributed by atoms with Gasteiger partial charge in [-0.1, -0.05) is 5.16 Å². The summed E-state index contributed by atoms with van der Waals surface area (Å²) in [7, 11) is 0. The largest absolute Gasteiger partial charge is 0.444 e. The molecule has 0 fully saturated rings. The molecule has 1 amide bonds. The molecule has 0 saturated carbocycles. The van der Waals surface area contributed by atoms with Crippen molar-refractivity contribution in [3.8, 4) is 0 Å². The highest BCUT2D eigenvalue weighted by atomic mass is 16.6. The lowest BCUT2D eigenvalue weighted by atomic mass is 9.97. The Morgan fingerprint density at radius 3 is 2.53 bits per heavy atom. The smallest absolute Gasteiger partial charge is 0.407 e. The average Bonchev–Trinajstić information content (AvgIpc) is 2.59. The number of carbonyl (C=O) groups excluding carboxylic acids is 1. The van der Waals surface area contributed by atoms with E-state index in [-0.39, 0.29) is 5.92 Å². The van der Waals surface area contributed by atoms with Gasteiger partial charge in [0.05, 0.1) is 5.69 Å². The fraction of sp³-hybridized carbons (Fsp3) is 0.692. The summed E-state index contributed by atoms with van der Waals surface area (Å²) in [6.45, 7) is 9.96. The number of nitrogens with zero attached hydrogens (tertiary/aromatic N) is 1. The second kappa shape index (κ2) is 6.06. The van der Waals surface area contributed by atoms with Crippen molar-refractivity contribution in [3.63, 3.8) is 0 Å².